The Morgan fingerprint density at radius 1 is 0.880 bits per heavy atom. The van der Waals surface area contributed by atoms with Crippen LogP contribution in [0.15, 0.2) is 67.0 Å². The van der Waals surface area contributed by atoms with Gasteiger partial charge in [-0.15, -0.1) is 0 Å². The number of benzene rings is 2. The fourth-order valence-corrected chi connectivity index (χ4v) is 2.46. The zero-order valence-electron chi connectivity index (χ0n) is 14.4. The maximum atomic E-state index is 12.3. The minimum absolute atomic E-state index is 0.0967. The predicted molar refractivity (Wildman–Crippen MR) is 102 cm³/mol. The highest BCUT2D eigenvalue weighted by molar-refractivity contribution is 6.04. The van der Waals surface area contributed by atoms with Crippen LogP contribution in [0.1, 0.15) is 27.0 Å². The number of nitrogens with zero attached hydrogens (tertiary/aromatic N) is 1. The summed E-state index contributed by atoms with van der Waals surface area (Å²) in [7, 11) is 0. The fourth-order valence-electron chi connectivity index (χ4n) is 2.46. The van der Waals surface area contributed by atoms with Gasteiger partial charge < -0.3 is 10.6 Å². The summed E-state index contributed by atoms with van der Waals surface area (Å²) in [4.78, 5) is 16.3. The van der Waals surface area contributed by atoms with Crippen LogP contribution < -0.4 is 10.6 Å². The van der Waals surface area contributed by atoms with Crippen molar-refractivity contribution in [3.8, 4) is 0 Å². The minimum atomic E-state index is -0.0967. The summed E-state index contributed by atoms with van der Waals surface area (Å²) in [6.07, 6.45) is 3.56. The third-order valence-corrected chi connectivity index (χ3v) is 4.16. The molecule has 1 heterocycles. The number of amides is 1. The topological polar surface area (TPSA) is 54.0 Å². The zero-order chi connectivity index (χ0) is 17.6. The van der Waals surface area contributed by atoms with Gasteiger partial charge in [0.2, 0.25) is 0 Å². The molecule has 0 bridgehead atoms. The van der Waals surface area contributed by atoms with E-state index in [9.17, 15) is 4.79 Å². The van der Waals surface area contributed by atoms with Crippen LogP contribution in [-0.2, 0) is 6.54 Å². The molecule has 0 aliphatic rings. The molecule has 0 saturated carbocycles. The first-order valence-electron chi connectivity index (χ1n) is 8.23. The molecule has 2 N–H and O–H groups in total. The molecule has 0 fully saturated rings. The molecule has 0 radical (unpaired) electrons. The van der Waals surface area contributed by atoms with Crippen molar-refractivity contribution in [1.82, 2.24) is 4.98 Å². The number of carbonyl (C=O) groups excluding carboxylic acids is 1. The smallest absolute Gasteiger partial charge is 0.255 e. The van der Waals surface area contributed by atoms with Crippen LogP contribution in [0.3, 0.4) is 0 Å². The van der Waals surface area contributed by atoms with Gasteiger partial charge in [0.15, 0.2) is 0 Å². The highest BCUT2D eigenvalue weighted by Gasteiger charge is 2.07. The Kier molecular flexibility index (Phi) is 5.09. The number of aromatic nitrogens is 1. The van der Waals surface area contributed by atoms with E-state index in [2.05, 4.69) is 15.6 Å². The summed E-state index contributed by atoms with van der Waals surface area (Å²) in [6.45, 7) is 4.78. The van der Waals surface area contributed by atoms with Gasteiger partial charge in [-0.25, -0.2) is 0 Å². The highest BCUT2D eigenvalue weighted by atomic mass is 16.1. The molecule has 1 aromatic heterocycles. The number of aryl methyl sites for hydroxylation is 2. The second kappa shape index (κ2) is 7.62. The van der Waals surface area contributed by atoms with E-state index in [0.717, 1.165) is 23.5 Å². The number of anilines is 2. The molecular weight excluding hydrogens is 310 g/mol. The summed E-state index contributed by atoms with van der Waals surface area (Å²) < 4.78 is 0. The standard InChI is InChI=1S/C21H21N3O/c1-15-3-4-18(13-16(15)2)21(25)24-20-7-5-19(6-8-20)23-14-17-9-11-22-12-10-17/h3-13,23H,14H2,1-2H3,(H,24,25). The van der Waals surface area contributed by atoms with E-state index in [4.69, 9.17) is 0 Å². The van der Waals surface area contributed by atoms with Crippen molar-refractivity contribution >= 4 is 17.3 Å². The van der Waals surface area contributed by atoms with Gasteiger partial charge >= 0.3 is 0 Å². The normalized spacial score (nSPS) is 10.3. The molecule has 2 aromatic carbocycles. The van der Waals surface area contributed by atoms with Crippen molar-refractivity contribution < 1.29 is 4.79 Å². The van der Waals surface area contributed by atoms with Crippen molar-refractivity contribution in [1.29, 1.82) is 0 Å². The predicted octanol–water partition coefficient (Wildman–Crippen LogP) is 4.56. The molecule has 0 unspecified atom stereocenters. The molecule has 4 nitrogen and oxygen atoms in total. The van der Waals surface area contributed by atoms with Crippen LogP contribution >= 0.6 is 0 Å². The highest BCUT2D eigenvalue weighted by Crippen LogP contribution is 2.16. The van der Waals surface area contributed by atoms with Crippen LogP contribution in [0, 0.1) is 13.8 Å². The summed E-state index contributed by atoms with van der Waals surface area (Å²) in [5, 5.41) is 6.28. The monoisotopic (exact) mass is 331 g/mol. The molecule has 4 heteroatoms. The lowest BCUT2D eigenvalue weighted by molar-refractivity contribution is 0.102. The molecule has 0 saturated heterocycles. The van der Waals surface area contributed by atoms with Crippen LogP contribution in [0.5, 0.6) is 0 Å². The molecule has 3 rings (SSSR count). The van der Waals surface area contributed by atoms with E-state index < -0.39 is 0 Å². The molecular formula is C21H21N3O. The fraction of sp³-hybridized carbons (Fsp3) is 0.143. The third-order valence-electron chi connectivity index (χ3n) is 4.16. The van der Waals surface area contributed by atoms with Gasteiger partial charge in [-0.05, 0) is 79.1 Å². The lowest BCUT2D eigenvalue weighted by Crippen LogP contribution is -2.12. The zero-order valence-corrected chi connectivity index (χ0v) is 14.4. The first-order valence-corrected chi connectivity index (χ1v) is 8.23. The van der Waals surface area contributed by atoms with Crippen LogP contribution in [0.4, 0.5) is 11.4 Å². The summed E-state index contributed by atoms with van der Waals surface area (Å²) in [5.41, 5.74) is 5.91. The minimum Gasteiger partial charge on any atom is -0.381 e. The lowest BCUT2D eigenvalue weighted by Gasteiger charge is -2.09. The SMILES string of the molecule is Cc1ccc(C(=O)Nc2ccc(NCc3ccncc3)cc2)cc1C. The van der Waals surface area contributed by atoms with Gasteiger partial charge in [0.05, 0.1) is 0 Å². The van der Waals surface area contributed by atoms with Crippen molar-refractivity contribution in [3.63, 3.8) is 0 Å². The van der Waals surface area contributed by atoms with Gasteiger partial charge in [0.1, 0.15) is 0 Å². The number of hydrogen-bond donors (Lipinski definition) is 2. The summed E-state index contributed by atoms with van der Waals surface area (Å²) in [6, 6.07) is 17.4. The molecule has 25 heavy (non-hydrogen) atoms. The number of rotatable bonds is 5. The molecule has 0 aliphatic carbocycles. The van der Waals surface area contributed by atoms with Gasteiger partial charge in [-0.1, -0.05) is 6.07 Å². The average molecular weight is 331 g/mol. The van der Waals surface area contributed by atoms with Gasteiger partial charge in [0.25, 0.3) is 5.91 Å². The van der Waals surface area contributed by atoms with E-state index in [1.165, 1.54) is 11.1 Å². The Morgan fingerprint density at radius 3 is 2.24 bits per heavy atom. The van der Waals surface area contributed by atoms with Gasteiger partial charge in [-0.3, -0.25) is 9.78 Å². The first-order chi connectivity index (χ1) is 12.1. The van der Waals surface area contributed by atoms with Crippen LogP contribution in [0.25, 0.3) is 0 Å². The van der Waals surface area contributed by atoms with Gasteiger partial charge in [-0.2, -0.15) is 0 Å². The first kappa shape index (κ1) is 16.7. The summed E-state index contributed by atoms with van der Waals surface area (Å²) >= 11 is 0. The Bertz CT molecular complexity index is 858. The van der Waals surface area contributed by atoms with E-state index >= 15 is 0 Å². The Hall–Kier alpha value is -3.14. The Balaban J connectivity index is 1.60. The van der Waals surface area contributed by atoms with E-state index in [0.29, 0.717) is 5.56 Å². The maximum Gasteiger partial charge on any atom is 0.255 e. The van der Waals surface area contributed by atoms with E-state index in [1.54, 1.807) is 12.4 Å². The molecule has 3 aromatic rings. The Labute approximate surface area is 147 Å². The number of pyridine rings is 1. The van der Waals surface area contributed by atoms with Gasteiger partial charge in [0, 0.05) is 35.9 Å². The molecule has 0 atom stereocenters. The van der Waals surface area contributed by atoms with Crippen molar-refractivity contribution in [2.45, 2.75) is 20.4 Å². The van der Waals surface area contributed by atoms with Crippen LogP contribution in [-0.4, -0.2) is 10.9 Å². The van der Waals surface area contributed by atoms with Crippen molar-refractivity contribution in [2.24, 2.45) is 0 Å². The number of carbonyl (C=O) groups is 1. The maximum absolute atomic E-state index is 12.3. The molecule has 0 spiro atoms. The van der Waals surface area contributed by atoms with Crippen molar-refractivity contribution in [2.75, 3.05) is 10.6 Å². The van der Waals surface area contributed by atoms with E-state index in [1.807, 2.05) is 68.4 Å². The molecule has 126 valence electrons. The second-order valence-electron chi connectivity index (χ2n) is 6.04. The van der Waals surface area contributed by atoms with Crippen molar-refractivity contribution in [3.05, 3.63) is 89.2 Å². The van der Waals surface area contributed by atoms with E-state index in [-0.39, 0.29) is 5.91 Å². The third kappa shape index (κ3) is 4.44. The van der Waals surface area contributed by atoms with Crippen LogP contribution in [0.2, 0.25) is 0 Å². The quantitative estimate of drug-likeness (QED) is 0.720. The number of nitrogens with one attached hydrogen (secondary N) is 2. The molecule has 1 amide bonds. The molecule has 0 aliphatic heterocycles. The average Bonchev–Trinajstić information content (AvgIpc) is 2.64. The lowest BCUT2D eigenvalue weighted by atomic mass is 10.1. The number of hydrogen-bond acceptors (Lipinski definition) is 3. The largest absolute Gasteiger partial charge is 0.381 e. The second-order valence-corrected chi connectivity index (χ2v) is 6.04. The summed E-state index contributed by atoms with van der Waals surface area (Å²) in [5.74, 6) is -0.0967. The Morgan fingerprint density at radius 2 is 1.56 bits per heavy atom.